The topological polar surface area (TPSA) is 70.7 Å². The third kappa shape index (κ3) is 1.09. The van der Waals surface area contributed by atoms with Crippen LogP contribution in [0.15, 0.2) is 17.1 Å². The molecule has 0 atom stereocenters. The van der Waals surface area contributed by atoms with Gasteiger partial charge in [0.05, 0.1) is 30.3 Å². The smallest absolute Gasteiger partial charge is 0.248 e. The molecule has 1 aromatic carbocycles. The molecule has 5 heteroatoms. The van der Waals surface area contributed by atoms with Crippen LogP contribution in [0.4, 0.5) is 17.1 Å². The van der Waals surface area contributed by atoms with Crippen molar-refractivity contribution in [3.05, 3.63) is 17.7 Å². The average Bonchev–Trinajstić information content (AvgIpc) is 2.64. The van der Waals surface area contributed by atoms with Crippen molar-refractivity contribution in [2.45, 2.75) is 0 Å². The summed E-state index contributed by atoms with van der Waals surface area (Å²) in [6, 6.07) is 3.51. The molecule has 3 N–H and O–H groups in total. The first kappa shape index (κ1) is 8.28. The molecular formula is C10H10N4O. The Balaban J connectivity index is 2.23. The fraction of sp³-hybridized carbons (Fsp3) is 0.200. The lowest BCUT2D eigenvalue weighted by Gasteiger charge is -2.20. The lowest BCUT2D eigenvalue weighted by molar-refractivity contribution is 0.100. The minimum Gasteiger partial charge on any atom is -0.366 e. The Morgan fingerprint density at radius 1 is 1.53 bits per heavy atom. The number of nitrogens with zero attached hydrogens (tertiary/aromatic N) is 2. The lowest BCUT2D eigenvalue weighted by atomic mass is 10.1. The van der Waals surface area contributed by atoms with Crippen molar-refractivity contribution in [2.75, 3.05) is 23.4 Å². The molecule has 0 aliphatic carbocycles. The van der Waals surface area contributed by atoms with Gasteiger partial charge in [0.2, 0.25) is 5.91 Å². The van der Waals surface area contributed by atoms with Gasteiger partial charge in [0.25, 0.3) is 0 Å². The van der Waals surface area contributed by atoms with Gasteiger partial charge >= 0.3 is 0 Å². The highest BCUT2D eigenvalue weighted by atomic mass is 16.1. The molecule has 1 aromatic rings. The van der Waals surface area contributed by atoms with Crippen LogP contribution in [0, 0.1) is 0 Å². The van der Waals surface area contributed by atoms with E-state index < -0.39 is 5.91 Å². The van der Waals surface area contributed by atoms with Gasteiger partial charge in [0, 0.05) is 11.8 Å². The molecule has 0 unspecified atom stereocenters. The van der Waals surface area contributed by atoms with Crippen LogP contribution in [0.5, 0.6) is 0 Å². The number of aliphatic imine (C=N–C) groups is 1. The van der Waals surface area contributed by atoms with E-state index in [1.165, 1.54) is 0 Å². The highest BCUT2D eigenvalue weighted by Crippen LogP contribution is 2.42. The number of nitrogens with two attached hydrogens (primary N) is 1. The molecule has 2 aliphatic heterocycles. The third-order valence-corrected chi connectivity index (χ3v) is 2.68. The Hall–Kier alpha value is -2.04. The molecular weight excluding hydrogens is 192 g/mol. The van der Waals surface area contributed by atoms with E-state index in [0.29, 0.717) is 5.56 Å². The Morgan fingerprint density at radius 2 is 2.40 bits per heavy atom. The molecule has 2 heterocycles. The normalized spacial score (nSPS) is 16.1. The van der Waals surface area contributed by atoms with Crippen molar-refractivity contribution in [3.8, 4) is 0 Å². The van der Waals surface area contributed by atoms with E-state index in [9.17, 15) is 4.79 Å². The van der Waals surface area contributed by atoms with Crippen LogP contribution in [0.3, 0.4) is 0 Å². The highest BCUT2D eigenvalue weighted by Gasteiger charge is 2.25. The predicted molar refractivity (Wildman–Crippen MR) is 58.9 cm³/mol. The summed E-state index contributed by atoms with van der Waals surface area (Å²) in [7, 11) is 0. The quantitative estimate of drug-likeness (QED) is 0.703. The van der Waals surface area contributed by atoms with E-state index in [0.717, 1.165) is 30.3 Å². The lowest BCUT2D eigenvalue weighted by Crippen LogP contribution is -2.26. The van der Waals surface area contributed by atoms with Gasteiger partial charge in [-0.05, 0) is 12.1 Å². The molecule has 0 aromatic heterocycles. The van der Waals surface area contributed by atoms with Gasteiger partial charge in [-0.1, -0.05) is 0 Å². The minimum absolute atomic E-state index is 0.421. The van der Waals surface area contributed by atoms with Crippen LogP contribution in [0.25, 0.3) is 0 Å². The van der Waals surface area contributed by atoms with Gasteiger partial charge in [-0.3, -0.25) is 9.79 Å². The second-order valence-electron chi connectivity index (χ2n) is 3.62. The Bertz CT molecular complexity index is 481. The summed E-state index contributed by atoms with van der Waals surface area (Å²) in [6.07, 6.45) is 1.84. The van der Waals surface area contributed by atoms with Crippen LogP contribution in [0.1, 0.15) is 10.4 Å². The largest absolute Gasteiger partial charge is 0.366 e. The number of rotatable bonds is 1. The molecule has 0 saturated carbocycles. The molecule has 0 bridgehead atoms. The molecule has 15 heavy (non-hydrogen) atoms. The van der Waals surface area contributed by atoms with Gasteiger partial charge in [-0.2, -0.15) is 0 Å². The Kier molecular flexibility index (Phi) is 1.50. The zero-order valence-electron chi connectivity index (χ0n) is 8.03. The van der Waals surface area contributed by atoms with E-state index in [1.807, 2.05) is 6.21 Å². The molecule has 2 aliphatic rings. The van der Waals surface area contributed by atoms with E-state index in [1.54, 1.807) is 12.1 Å². The van der Waals surface area contributed by atoms with Gasteiger partial charge < -0.3 is 16.0 Å². The summed E-state index contributed by atoms with van der Waals surface area (Å²) in [5, 5.41) is 3.22. The number of carbonyl (C=O) groups is 1. The van der Waals surface area contributed by atoms with Crippen molar-refractivity contribution >= 4 is 29.2 Å². The predicted octanol–water partition coefficient (Wildman–Crippen LogP) is 0.691. The number of hydrogen-bond acceptors (Lipinski definition) is 4. The average molecular weight is 202 g/mol. The monoisotopic (exact) mass is 202 g/mol. The maximum absolute atomic E-state index is 11.1. The second-order valence-corrected chi connectivity index (χ2v) is 3.62. The molecule has 0 saturated heterocycles. The van der Waals surface area contributed by atoms with Gasteiger partial charge in [-0.15, -0.1) is 0 Å². The van der Waals surface area contributed by atoms with Crippen molar-refractivity contribution in [2.24, 2.45) is 10.7 Å². The van der Waals surface area contributed by atoms with Crippen LogP contribution in [0.2, 0.25) is 0 Å². The summed E-state index contributed by atoms with van der Waals surface area (Å²) >= 11 is 0. The number of amides is 1. The first-order valence-electron chi connectivity index (χ1n) is 4.75. The number of hydrogen-bond donors (Lipinski definition) is 2. The van der Waals surface area contributed by atoms with Gasteiger partial charge in [0.15, 0.2) is 0 Å². The van der Waals surface area contributed by atoms with E-state index in [2.05, 4.69) is 15.2 Å². The van der Waals surface area contributed by atoms with Crippen molar-refractivity contribution in [1.29, 1.82) is 0 Å². The van der Waals surface area contributed by atoms with E-state index in [4.69, 9.17) is 5.73 Å². The molecule has 3 rings (SSSR count). The van der Waals surface area contributed by atoms with Gasteiger partial charge in [0.1, 0.15) is 0 Å². The highest BCUT2D eigenvalue weighted by molar-refractivity contribution is 6.00. The van der Waals surface area contributed by atoms with Crippen molar-refractivity contribution < 1.29 is 4.79 Å². The first-order chi connectivity index (χ1) is 7.25. The molecule has 0 spiro atoms. The zero-order chi connectivity index (χ0) is 10.4. The number of primary amides is 1. The first-order valence-corrected chi connectivity index (χ1v) is 4.75. The van der Waals surface area contributed by atoms with Crippen molar-refractivity contribution in [1.82, 2.24) is 0 Å². The summed E-state index contributed by atoms with van der Waals surface area (Å²) in [5.74, 6) is -0.421. The summed E-state index contributed by atoms with van der Waals surface area (Å²) in [4.78, 5) is 17.5. The molecule has 1 amide bonds. The van der Waals surface area contributed by atoms with Crippen LogP contribution >= 0.6 is 0 Å². The van der Waals surface area contributed by atoms with Gasteiger partial charge in [-0.25, -0.2) is 0 Å². The minimum atomic E-state index is -0.421. The SMILES string of the molecule is NC(=O)c1cc2c3c(c1)NCN3CC=N2. The zero-order valence-corrected chi connectivity index (χ0v) is 8.03. The number of benzene rings is 1. The third-order valence-electron chi connectivity index (χ3n) is 2.68. The number of carbonyl (C=O) groups excluding carboxylic acids is 1. The fourth-order valence-corrected chi connectivity index (χ4v) is 1.98. The van der Waals surface area contributed by atoms with E-state index >= 15 is 0 Å². The second kappa shape index (κ2) is 2.73. The molecule has 76 valence electrons. The van der Waals surface area contributed by atoms with Crippen LogP contribution < -0.4 is 16.0 Å². The summed E-state index contributed by atoms with van der Waals surface area (Å²) in [5.41, 5.74) is 8.58. The fourth-order valence-electron chi connectivity index (χ4n) is 1.98. The number of nitrogens with one attached hydrogen (secondary N) is 1. The summed E-state index contributed by atoms with van der Waals surface area (Å²) in [6.45, 7) is 1.57. The number of anilines is 2. The standard InChI is InChI=1S/C10H10N4O/c11-10(15)6-3-7-9-8(4-6)13-5-14(9)2-1-12-7/h1,3-4,13H,2,5H2,(H2,11,15). The Labute approximate surface area is 86.6 Å². The summed E-state index contributed by atoms with van der Waals surface area (Å²) < 4.78 is 0. The van der Waals surface area contributed by atoms with E-state index in [-0.39, 0.29) is 0 Å². The van der Waals surface area contributed by atoms with Crippen LogP contribution in [-0.2, 0) is 0 Å². The maximum Gasteiger partial charge on any atom is 0.248 e. The van der Waals surface area contributed by atoms with Crippen molar-refractivity contribution in [3.63, 3.8) is 0 Å². The maximum atomic E-state index is 11.1. The Morgan fingerprint density at radius 3 is 3.20 bits per heavy atom. The molecule has 0 radical (unpaired) electrons. The van der Waals surface area contributed by atoms with Crippen LogP contribution in [-0.4, -0.2) is 25.3 Å². The molecule has 0 fully saturated rings. The molecule has 5 nitrogen and oxygen atoms in total.